The van der Waals surface area contributed by atoms with Crippen LogP contribution in [0, 0.1) is 0 Å². The number of nitrogens with zero attached hydrogens (tertiary/aromatic N) is 5. The topological polar surface area (TPSA) is 133 Å². The molecule has 10 nitrogen and oxygen atoms in total. The normalized spacial score (nSPS) is 14.5. The number of aromatic amines is 1. The average molecular weight is 464 g/mol. The summed E-state index contributed by atoms with van der Waals surface area (Å²) in [6, 6.07) is 9.43. The van der Waals surface area contributed by atoms with E-state index in [9.17, 15) is 4.79 Å². The highest BCUT2D eigenvalue weighted by Gasteiger charge is 2.28. The molecule has 0 bridgehead atoms. The lowest BCUT2D eigenvalue weighted by molar-refractivity contribution is -0.115. The second-order valence-corrected chi connectivity index (χ2v) is 8.14. The Morgan fingerprint density at radius 3 is 2.63 bits per heavy atom. The molecule has 6 heterocycles. The average Bonchev–Trinajstić information content (AvgIpc) is 3.53. The van der Waals surface area contributed by atoms with Crippen molar-refractivity contribution < 1.29 is 4.79 Å². The third kappa shape index (κ3) is 3.85. The van der Waals surface area contributed by atoms with Gasteiger partial charge in [0.2, 0.25) is 5.91 Å². The molecule has 6 rings (SSSR count). The molecule has 0 aromatic carbocycles. The molecule has 0 saturated carbocycles. The predicted octanol–water partition coefficient (Wildman–Crippen LogP) is 3.84. The SMILES string of the molecule is CCC(=O)Nc1ccc(-c2cnc3c(c2)C(c2nc4c(-c5ccncc5)cncc4[nH]2)NN3)cn1. The van der Waals surface area contributed by atoms with Gasteiger partial charge in [0, 0.05) is 59.7 Å². The minimum absolute atomic E-state index is 0.0717. The van der Waals surface area contributed by atoms with E-state index in [1.54, 1.807) is 44.0 Å². The number of H-pyrrole nitrogens is 1. The first kappa shape index (κ1) is 20.9. The highest BCUT2D eigenvalue weighted by Crippen LogP contribution is 2.35. The van der Waals surface area contributed by atoms with E-state index >= 15 is 0 Å². The monoisotopic (exact) mass is 463 g/mol. The van der Waals surface area contributed by atoms with Gasteiger partial charge < -0.3 is 15.7 Å². The zero-order chi connectivity index (χ0) is 23.8. The molecule has 0 aliphatic carbocycles. The fraction of sp³-hybridized carbons (Fsp3) is 0.120. The van der Waals surface area contributed by atoms with Gasteiger partial charge in [-0.2, -0.15) is 0 Å². The summed E-state index contributed by atoms with van der Waals surface area (Å²) in [5, 5.41) is 2.76. The number of aromatic nitrogens is 6. The molecule has 0 spiro atoms. The molecule has 35 heavy (non-hydrogen) atoms. The summed E-state index contributed by atoms with van der Waals surface area (Å²) in [5.74, 6) is 1.95. The summed E-state index contributed by atoms with van der Waals surface area (Å²) in [5.41, 5.74) is 12.8. The van der Waals surface area contributed by atoms with Crippen molar-refractivity contribution >= 4 is 28.6 Å². The van der Waals surface area contributed by atoms with E-state index in [0.717, 1.165) is 50.5 Å². The van der Waals surface area contributed by atoms with E-state index in [-0.39, 0.29) is 11.9 Å². The van der Waals surface area contributed by atoms with Crippen molar-refractivity contribution in [1.82, 2.24) is 35.3 Å². The van der Waals surface area contributed by atoms with Gasteiger partial charge in [-0.25, -0.2) is 20.4 Å². The highest BCUT2D eigenvalue weighted by molar-refractivity contribution is 5.91. The first-order valence-corrected chi connectivity index (χ1v) is 11.2. The first-order chi connectivity index (χ1) is 17.2. The summed E-state index contributed by atoms with van der Waals surface area (Å²) in [6.07, 6.45) is 11.0. The van der Waals surface area contributed by atoms with Gasteiger partial charge in [-0.05, 0) is 35.9 Å². The van der Waals surface area contributed by atoms with Crippen molar-refractivity contribution in [3.05, 3.63) is 78.9 Å². The maximum absolute atomic E-state index is 11.6. The van der Waals surface area contributed by atoms with Crippen LogP contribution < -0.4 is 16.2 Å². The smallest absolute Gasteiger partial charge is 0.225 e. The second kappa shape index (κ2) is 8.58. The van der Waals surface area contributed by atoms with E-state index in [2.05, 4.69) is 47.2 Å². The van der Waals surface area contributed by atoms with E-state index in [1.165, 1.54) is 0 Å². The number of rotatable bonds is 5. The molecule has 10 heteroatoms. The molecule has 5 aromatic rings. The third-order valence-electron chi connectivity index (χ3n) is 5.93. The Bertz CT molecular complexity index is 1530. The van der Waals surface area contributed by atoms with Gasteiger partial charge in [0.25, 0.3) is 0 Å². The Morgan fingerprint density at radius 1 is 0.971 bits per heavy atom. The Labute approximate surface area is 200 Å². The number of carbonyl (C=O) groups excluding carboxylic acids is 1. The molecule has 5 aromatic heterocycles. The van der Waals surface area contributed by atoms with Crippen molar-refractivity contribution in [2.24, 2.45) is 0 Å². The number of amides is 1. The zero-order valence-electron chi connectivity index (χ0n) is 18.8. The summed E-state index contributed by atoms with van der Waals surface area (Å²) in [4.78, 5) is 37.4. The van der Waals surface area contributed by atoms with E-state index in [1.807, 2.05) is 24.4 Å². The number of pyridine rings is 4. The van der Waals surface area contributed by atoms with Crippen LogP contribution in [0.5, 0.6) is 0 Å². The maximum atomic E-state index is 11.6. The minimum Gasteiger partial charge on any atom is -0.339 e. The van der Waals surface area contributed by atoms with Crippen molar-refractivity contribution in [1.29, 1.82) is 0 Å². The Hall–Kier alpha value is -4.70. The quantitative estimate of drug-likeness (QED) is 0.309. The van der Waals surface area contributed by atoms with Crippen LogP contribution in [0.4, 0.5) is 11.6 Å². The van der Waals surface area contributed by atoms with Crippen molar-refractivity contribution in [3.63, 3.8) is 0 Å². The number of imidazole rings is 1. The molecular formula is C25H21N9O. The van der Waals surface area contributed by atoms with Gasteiger partial charge in [0.15, 0.2) is 0 Å². The number of anilines is 2. The summed E-state index contributed by atoms with van der Waals surface area (Å²) in [6.45, 7) is 1.80. The number of hydrogen-bond acceptors (Lipinski definition) is 8. The van der Waals surface area contributed by atoms with Crippen LogP contribution in [-0.4, -0.2) is 35.8 Å². The van der Waals surface area contributed by atoms with Gasteiger partial charge in [0.05, 0.1) is 17.2 Å². The lowest BCUT2D eigenvalue weighted by atomic mass is 10.0. The second-order valence-electron chi connectivity index (χ2n) is 8.14. The van der Waals surface area contributed by atoms with Crippen LogP contribution in [0.25, 0.3) is 33.3 Å². The van der Waals surface area contributed by atoms with Crippen LogP contribution in [0.15, 0.2) is 67.5 Å². The van der Waals surface area contributed by atoms with Crippen molar-refractivity contribution in [3.8, 4) is 22.3 Å². The van der Waals surface area contributed by atoms with Crippen LogP contribution >= 0.6 is 0 Å². The minimum atomic E-state index is -0.230. The molecule has 4 N–H and O–H groups in total. The highest BCUT2D eigenvalue weighted by atomic mass is 16.1. The van der Waals surface area contributed by atoms with Gasteiger partial charge in [-0.1, -0.05) is 6.92 Å². The standard InChI is InChI=1S/C25H21N9O/c1-2-21(35)31-20-4-3-15(10-28-20)16-9-17-23(33-34-24(17)29-11-16)25-30-19-13-27-12-18(22(19)32-25)14-5-7-26-8-6-14/h3-13,23,33H,2H2,1H3,(H,29,34)(H,30,32)(H,28,31,35). The number of fused-ring (bicyclic) bond motifs is 2. The van der Waals surface area contributed by atoms with Gasteiger partial charge in [-0.3, -0.25) is 14.8 Å². The Morgan fingerprint density at radius 2 is 1.83 bits per heavy atom. The number of carbonyl (C=O) groups is 1. The molecular weight excluding hydrogens is 442 g/mol. The number of hydrazine groups is 1. The van der Waals surface area contributed by atoms with E-state index in [4.69, 9.17) is 4.98 Å². The number of hydrogen-bond donors (Lipinski definition) is 4. The number of nitrogens with one attached hydrogen (secondary N) is 4. The summed E-state index contributed by atoms with van der Waals surface area (Å²) in [7, 11) is 0. The molecule has 1 aliphatic heterocycles. The van der Waals surface area contributed by atoms with Crippen molar-refractivity contribution in [2.45, 2.75) is 19.4 Å². The predicted molar refractivity (Wildman–Crippen MR) is 132 cm³/mol. The fourth-order valence-electron chi connectivity index (χ4n) is 4.10. The third-order valence-corrected chi connectivity index (χ3v) is 5.93. The Balaban J connectivity index is 1.34. The van der Waals surface area contributed by atoms with Crippen LogP contribution in [0.2, 0.25) is 0 Å². The van der Waals surface area contributed by atoms with Gasteiger partial charge >= 0.3 is 0 Å². The lowest BCUT2D eigenvalue weighted by Gasteiger charge is -2.09. The maximum Gasteiger partial charge on any atom is 0.225 e. The van der Waals surface area contributed by atoms with Gasteiger partial charge in [-0.15, -0.1) is 0 Å². The summed E-state index contributed by atoms with van der Waals surface area (Å²) >= 11 is 0. The van der Waals surface area contributed by atoms with Crippen LogP contribution in [0.3, 0.4) is 0 Å². The molecule has 1 atom stereocenters. The molecule has 172 valence electrons. The van der Waals surface area contributed by atoms with Crippen LogP contribution in [-0.2, 0) is 4.79 Å². The molecule has 1 unspecified atom stereocenters. The van der Waals surface area contributed by atoms with Crippen LogP contribution in [0.1, 0.15) is 30.8 Å². The Kier molecular flexibility index (Phi) is 5.12. The molecule has 1 aliphatic rings. The lowest BCUT2D eigenvalue weighted by Crippen LogP contribution is -2.20. The fourth-order valence-corrected chi connectivity index (χ4v) is 4.10. The zero-order valence-corrected chi connectivity index (χ0v) is 18.8. The van der Waals surface area contributed by atoms with E-state index in [0.29, 0.717) is 12.2 Å². The largest absolute Gasteiger partial charge is 0.339 e. The summed E-state index contributed by atoms with van der Waals surface area (Å²) < 4.78 is 0. The molecule has 0 saturated heterocycles. The van der Waals surface area contributed by atoms with Gasteiger partial charge in [0.1, 0.15) is 23.5 Å². The molecule has 0 fully saturated rings. The molecule has 1 amide bonds. The van der Waals surface area contributed by atoms with Crippen molar-refractivity contribution in [2.75, 3.05) is 10.7 Å². The first-order valence-electron chi connectivity index (χ1n) is 11.2. The van der Waals surface area contributed by atoms with E-state index < -0.39 is 0 Å². The molecule has 0 radical (unpaired) electrons.